The zero-order valence-corrected chi connectivity index (χ0v) is 14.8. The highest BCUT2D eigenvalue weighted by Gasteiger charge is 2.21. The van der Waals surface area contributed by atoms with E-state index in [4.69, 9.17) is 9.26 Å². The molecule has 4 rings (SSSR count). The van der Waals surface area contributed by atoms with E-state index in [1.165, 1.54) is 10.9 Å². The Bertz CT molecular complexity index is 1010. The van der Waals surface area contributed by atoms with E-state index in [-0.39, 0.29) is 12.2 Å². The predicted molar refractivity (Wildman–Crippen MR) is 91.1 cm³/mol. The topological polar surface area (TPSA) is 86.7 Å². The van der Waals surface area contributed by atoms with Crippen molar-refractivity contribution in [1.82, 2.24) is 14.5 Å². The molecule has 0 atom stereocenters. The van der Waals surface area contributed by atoms with Gasteiger partial charge in [0, 0.05) is 16.6 Å². The molecule has 3 aromatic rings. The molecule has 3 aromatic heterocycles. The molecule has 3 heterocycles. The monoisotopic (exact) mass is 359 g/mol. The molecule has 0 spiro atoms. The van der Waals surface area contributed by atoms with Crippen LogP contribution in [0.5, 0.6) is 0 Å². The van der Waals surface area contributed by atoms with E-state index in [2.05, 4.69) is 10.1 Å². The summed E-state index contributed by atoms with van der Waals surface area (Å²) in [5, 5.41) is 3.74. The number of hydrogen-bond acceptors (Lipinski definition) is 7. The fourth-order valence-electron chi connectivity index (χ4n) is 3.20. The lowest BCUT2D eigenvalue weighted by Crippen LogP contribution is -2.18. The molecular weight excluding hydrogens is 342 g/mol. The smallest absolute Gasteiger partial charge is 0.344 e. The molecule has 1 aliphatic rings. The number of thiazole rings is 1. The Morgan fingerprint density at radius 2 is 2.16 bits per heavy atom. The number of rotatable bonds is 3. The summed E-state index contributed by atoms with van der Waals surface area (Å²) >= 11 is 1.55. The van der Waals surface area contributed by atoms with Gasteiger partial charge in [-0.25, -0.2) is 9.78 Å². The molecule has 0 aromatic carbocycles. The van der Waals surface area contributed by atoms with Crippen LogP contribution in [0.1, 0.15) is 50.9 Å². The van der Waals surface area contributed by atoms with Gasteiger partial charge in [0.2, 0.25) is 0 Å². The highest BCUT2D eigenvalue weighted by atomic mass is 32.1. The zero-order valence-electron chi connectivity index (χ0n) is 14.0. The van der Waals surface area contributed by atoms with Crippen LogP contribution in [0, 0.1) is 13.8 Å². The number of aryl methyl sites for hydroxylation is 4. The normalized spacial score (nSPS) is 13.8. The second-order valence-electron chi connectivity index (χ2n) is 6.16. The Labute approximate surface area is 147 Å². The van der Waals surface area contributed by atoms with Gasteiger partial charge >= 0.3 is 5.97 Å². The molecule has 0 saturated heterocycles. The predicted octanol–water partition coefficient (Wildman–Crippen LogP) is 2.60. The molecule has 0 fully saturated rings. The number of hydrogen-bond donors (Lipinski definition) is 0. The highest BCUT2D eigenvalue weighted by molar-refractivity contribution is 7.17. The second-order valence-corrected chi connectivity index (χ2v) is 7.22. The summed E-state index contributed by atoms with van der Waals surface area (Å²) in [7, 11) is 0. The van der Waals surface area contributed by atoms with Gasteiger partial charge in [0.25, 0.3) is 5.56 Å². The summed E-state index contributed by atoms with van der Waals surface area (Å²) in [6.07, 6.45) is 4.16. The van der Waals surface area contributed by atoms with Crippen LogP contribution in [-0.4, -0.2) is 20.5 Å². The number of aromatic nitrogens is 3. The first-order valence-corrected chi connectivity index (χ1v) is 8.99. The number of esters is 1. The molecule has 0 bridgehead atoms. The second kappa shape index (κ2) is 6.11. The first-order chi connectivity index (χ1) is 12.0. The highest BCUT2D eigenvalue weighted by Crippen LogP contribution is 2.28. The van der Waals surface area contributed by atoms with Gasteiger partial charge in [-0.15, -0.1) is 11.3 Å². The number of ether oxygens (including phenoxy) is 1. The van der Waals surface area contributed by atoms with E-state index < -0.39 is 5.97 Å². The molecular formula is C17H17N3O4S. The molecule has 7 nitrogen and oxygen atoms in total. The van der Waals surface area contributed by atoms with Crippen molar-refractivity contribution >= 4 is 22.3 Å². The Hall–Kier alpha value is -2.48. The van der Waals surface area contributed by atoms with Crippen molar-refractivity contribution < 1.29 is 14.1 Å². The average Bonchev–Trinajstić information content (AvgIpc) is 3.12. The van der Waals surface area contributed by atoms with Crippen LogP contribution in [0.2, 0.25) is 0 Å². The van der Waals surface area contributed by atoms with E-state index in [9.17, 15) is 9.59 Å². The van der Waals surface area contributed by atoms with E-state index in [0.29, 0.717) is 27.7 Å². The minimum atomic E-state index is -0.524. The third-order valence-corrected chi connectivity index (χ3v) is 5.55. The fraction of sp³-hybridized carbons (Fsp3) is 0.412. The Kier molecular flexibility index (Phi) is 3.91. The van der Waals surface area contributed by atoms with Crippen LogP contribution in [0.15, 0.2) is 15.4 Å². The van der Waals surface area contributed by atoms with Gasteiger partial charge in [0.1, 0.15) is 17.9 Å². The molecule has 25 heavy (non-hydrogen) atoms. The van der Waals surface area contributed by atoms with Gasteiger partial charge < -0.3 is 9.26 Å². The number of fused-ring (bicyclic) bond motifs is 3. The van der Waals surface area contributed by atoms with Gasteiger partial charge in [-0.05, 0) is 39.5 Å². The van der Waals surface area contributed by atoms with Crippen molar-refractivity contribution in [3.05, 3.63) is 49.7 Å². The Balaban J connectivity index is 1.60. The van der Waals surface area contributed by atoms with Crippen LogP contribution >= 0.6 is 11.3 Å². The molecule has 1 aliphatic carbocycles. The quantitative estimate of drug-likeness (QED) is 0.668. The van der Waals surface area contributed by atoms with Crippen molar-refractivity contribution in [3.63, 3.8) is 0 Å². The SMILES string of the molecule is Cc1noc(C)c1C(=O)OCc1cc(=O)n2c3c(sc2n1)CCCC3. The third-order valence-electron chi connectivity index (χ3n) is 4.40. The van der Waals surface area contributed by atoms with Crippen LogP contribution < -0.4 is 5.56 Å². The van der Waals surface area contributed by atoms with Gasteiger partial charge in [-0.2, -0.15) is 0 Å². The Morgan fingerprint density at radius 3 is 2.92 bits per heavy atom. The average molecular weight is 359 g/mol. The summed E-state index contributed by atoms with van der Waals surface area (Å²) in [6.45, 7) is 3.28. The maximum Gasteiger partial charge on any atom is 0.344 e. The first-order valence-electron chi connectivity index (χ1n) is 8.18. The standard InChI is InChI=1S/C17H17N3O4S/c1-9-15(10(2)24-19-9)16(22)23-8-11-7-14(21)20-12-5-3-4-6-13(12)25-17(20)18-11/h7H,3-6,8H2,1-2H3. The van der Waals surface area contributed by atoms with Crippen LogP contribution in [-0.2, 0) is 24.2 Å². The summed E-state index contributed by atoms with van der Waals surface area (Å²) in [6, 6.07) is 1.44. The first kappa shape index (κ1) is 16.0. The molecule has 130 valence electrons. The largest absolute Gasteiger partial charge is 0.455 e. The summed E-state index contributed by atoms with van der Waals surface area (Å²) in [5.74, 6) is -0.111. The fourth-order valence-corrected chi connectivity index (χ4v) is 4.43. The van der Waals surface area contributed by atoms with Gasteiger partial charge in [-0.1, -0.05) is 5.16 Å². The Morgan fingerprint density at radius 1 is 1.36 bits per heavy atom. The summed E-state index contributed by atoms with van der Waals surface area (Å²) in [4.78, 5) is 31.1. The number of carbonyl (C=O) groups excluding carboxylic acids is 1. The lowest BCUT2D eigenvalue weighted by molar-refractivity contribution is 0.0465. The number of carbonyl (C=O) groups is 1. The molecule has 0 aliphatic heterocycles. The van der Waals surface area contributed by atoms with E-state index >= 15 is 0 Å². The number of nitrogens with zero attached hydrogens (tertiary/aromatic N) is 3. The molecule has 0 unspecified atom stereocenters. The van der Waals surface area contributed by atoms with Crippen molar-refractivity contribution in [1.29, 1.82) is 0 Å². The molecule has 0 N–H and O–H groups in total. The van der Waals surface area contributed by atoms with E-state index in [1.54, 1.807) is 29.6 Å². The minimum absolute atomic E-state index is 0.0583. The van der Waals surface area contributed by atoms with Crippen molar-refractivity contribution in [2.24, 2.45) is 0 Å². The van der Waals surface area contributed by atoms with Gasteiger partial charge in [0.15, 0.2) is 4.96 Å². The van der Waals surface area contributed by atoms with Crippen LogP contribution in [0.3, 0.4) is 0 Å². The van der Waals surface area contributed by atoms with Crippen LogP contribution in [0.25, 0.3) is 4.96 Å². The molecule has 0 amide bonds. The molecule has 0 radical (unpaired) electrons. The zero-order chi connectivity index (χ0) is 17.6. The maximum atomic E-state index is 12.5. The third kappa shape index (κ3) is 2.76. The summed E-state index contributed by atoms with van der Waals surface area (Å²) < 4.78 is 12.0. The minimum Gasteiger partial charge on any atom is -0.455 e. The molecule has 8 heteroatoms. The van der Waals surface area contributed by atoms with Crippen molar-refractivity contribution in [2.75, 3.05) is 0 Å². The van der Waals surface area contributed by atoms with Crippen LogP contribution in [0.4, 0.5) is 0 Å². The maximum absolute atomic E-state index is 12.5. The summed E-state index contributed by atoms with van der Waals surface area (Å²) in [5.41, 5.74) is 2.22. The van der Waals surface area contributed by atoms with E-state index in [1.807, 2.05) is 0 Å². The molecule has 0 saturated carbocycles. The lowest BCUT2D eigenvalue weighted by Gasteiger charge is -2.10. The van der Waals surface area contributed by atoms with E-state index in [0.717, 1.165) is 31.4 Å². The van der Waals surface area contributed by atoms with Crippen molar-refractivity contribution in [2.45, 2.75) is 46.1 Å². The van der Waals surface area contributed by atoms with Gasteiger partial charge in [-0.3, -0.25) is 9.20 Å². The van der Waals surface area contributed by atoms with Crippen molar-refractivity contribution in [3.8, 4) is 0 Å². The van der Waals surface area contributed by atoms with Gasteiger partial charge in [0.05, 0.1) is 11.4 Å². The lowest BCUT2D eigenvalue weighted by atomic mass is 10.0.